The van der Waals surface area contributed by atoms with Crippen molar-refractivity contribution in [2.45, 2.75) is 0 Å². The summed E-state index contributed by atoms with van der Waals surface area (Å²) in [6.45, 7) is 0. The normalized spacial score (nSPS) is 10.7. The van der Waals surface area contributed by atoms with Crippen LogP contribution in [0.5, 0.6) is 0 Å². The second-order valence-electron chi connectivity index (χ2n) is 5.50. The minimum Gasteiger partial charge on any atom is -0.358 e. The molecule has 4 aromatic rings. The Morgan fingerprint density at radius 1 is 1.07 bits per heavy atom. The molecule has 3 heterocycles. The lowest BCUT2D eigenvalue weighted by molar-refractivity contribution is -0.389. The molecule has 0 aliphatic carbocycles. The third kappa shape index (κ3) is 3.28. The predicted octanol–water partition coefficient (Wildman–Crippen LogP) is 1.94. The maximum atomic E-state index is 12.1. The Balaban J connectivity index is 1.49. The average Bonchev–Trinajstić information content (AvgIpc) is 3.42. The lowest BCUT2D eigenvalue weighted by atomic mass is 10.3. The van der Waals surface area contributed by atoms with Gasteiger partial charge in [-0.05, 0) is 17.1 Å². The highest BCUT2D eigenvalue weighted by Crippen LogP contribution is 2.15. The number of benzene rings is 1. The van der Waals surface area contributed by atoms with Crippen molar-refractivity contribution in [3.05, 3.63) is 77.0 Å². The van der Waals surface area contributed by atoms with Gasteiger partial charge >= 0.3 is 5.82 Å². The summed E-state index contributed by atoms with van der Waals surface area (Å²) in [5.74, 6) is -0.942. The molecule has 0 atom stereocenters. The van der Waals surface area contributed by atoms with Crippen molar-refractivity contribution in [3.63, 3.8) is 0 Å². The van der Waals surface area contributed by atoms with Crippen LogP contribution in [0.3, 0.4) is 0 Å². The van der Waals surface area contributed by atoms with Gasteiger partial charge in [0.2, 0.25) is 0 Å². The van der Waals surface area contributed by atoms with E-state index in [2.05, 4.69) is 25.7 Å². The summed E-state index contributed by atoms with van der Waals surface area (Å²) in [5.41, 5.74) is 1.93. The second kappa shape index (κ2) is 6.55. The number of para-hydroxylation sites is 1. The van der Waals surface area contributed by atoms with Gasteiger partial charge in [0, 0.05) is 0 Å². The van der Waals surface area contributed by atoms with E-state index in [9.17, 15) is 14.9 Å². The van der Waals surface area contributed by atoms with Crippen molar-refractivity contribution in [1.82, 2.24) is 29.8 Å². The molecule has 0 bridgehead atoms. The van der Waals surface area contributed by atoms with Gasteiger partial charge in [-0.3, -0.25) is 4.79 Å². The van der Waals surface area contributed by atoms with Gasteiger partial charge < -0.3 is 15.4 Å². The largest absolute Gasteiger partial charge is 0.358 e. The fourth-order valence-corrected chi connectivity index (χ4v) is 2.40. The van der Waals surface area contributed by atoms with Crippen LogP contribution in [0.2, 0.25) is 0 Å². The van der Waals surface area contributed by atoms with Crippen LogP contribution in [0.15, 0.2) is 61.2 Å². The molecule has 1 aromatic carbocycles. The van der Waals surface area contributed by atoms with E-state index in [-0.39, 0.29) is 11.5 Å². The third-order valence-electron chi connectivity index (χ3n) is 3.69. The molecule has 0 radical (unpaired) electrons. The fraction of sp³-hybridized carbons (Fsp3) is 0. The van der Waals surface area contributed by atoms with Crippen LogP contribution in [0.4, 0.5) is 11.5 Å². The minimum atomic E-state index is -0.661. The Kier molecular flexibility index (Phi) is 3.93. The van der Waals surface area contributed by atoms with Crippen LogP contribution in [0, 0.1) is 10.1 Å². The van der Waals surface area contributed by atoms with Gasteiger partial charge in [0.05, 0.1) is 42.2 Å². The molecule has 134 valence electrons. The van der Waals surface area contributed by atoms with Gasteiger partial charge in [0.25, 0.3) is 5.91 Å². The van der Waals surface area contributed by atoms with Crippen molar-refractivity contribution in [2.24, 2.45) is 0 Å². The molecule has 27 heavy (non-hydrogen) atoms. The Labute approximate surface area is 151 Å². The topological polar surface area (TPSA) is 137 Å². The second-order valence-corrected chi connectivity index (χ2v) is 5.50. The molecule has 4 rings (SSSR count). The van der Waals surface area contributed by atoms with E-state index in [0.717, 1.165) is 11.8 Å². The highest BCUT2D eigenvalue weighted by molar-refractivity contribution is 6.03. The molecular formula is C16H12N8O3. The van der Waals surface area contributed by atoms with E-state index >= 15 is 0 Å². The molecule has 0 saturated heterocycles. The molecule has 0 fully saturated rings. The van der Waals surface area contributed by atoms with E-state index in [0.29, 0.717) is 11.4 Å². The Morgan fingerprint density at radius 3 is 2.56 bits per heavy atom. The van der Waals surface area contributed by atoms with Crippen LogP contribution in [-0.4, -0.2) is 40.6 Å². The molecule has 11 heteroatoms. The highest BCUT2D eigenvalue weighted by Gasteiger charge is 2.17. The quantitative estimate of drug-likeness (QED) is 0.410. The first-order valence-corrected chi connectivity index (χ1v) is 7.76. The van der Waals surface area contributed by atoms with Gasteiger partial charge in [0.15, 0.2) is 5.69 Å². The summed E-state index contributed by atoms with van der Waals surface area (Å²) < 4.78 is 3.26. The van der Waals surface area contributed by atoms with E-state index in [1.807, 2.05) is 30.3 Å². The number of hydrogen-bond acceptors (Lipinski definition) is 6. The standard InChI is InChI=1S/C16H12N8O3/c25-16(14-6-15(21-20-14)24(26)27)19-11-7-17-22(9-11)13-8-18-23(10-13)12-4-2-1-3-5-12/h1-10H,(H,19,25)(H,20,21). The van der Waals surface area contributed by atoms with E-state index in [1.54, 1.807) is 28.0 Å². The number of nitrogens with zero attached hydrogens (tertiary/aromatic N) is 6. The van der Waals surface area contributed by atoms with Crippen LogP contribution >= 0.6 is 0 Å². The van der Waals surface area contributed by atoms with E-state index in [4.69, 9.17) is 0 Å². The number of aromatic amines is 1. The molecule has 0 aliphatic rings. The van der Waals surface area contributed by atoms with Gasteiger partial charge in [-0.25, -0.2) is 9.36 Å². The lowest BCUT2D eigenvalue weighted by Gasteiger charge is -1.99. The summed E-state index contributed by atoms with van der Waals surface area (Å²) in [5, 5.41) is 27.5. The SMILES string of the molecule is O=C(Nc1cnn(-c2cnn(-c3ccccc3)c2)c1)c1cc([N+](=O)[O-])[nH]n1. The highest BCUT2D eigenvalue weighted by atomic mass is 16.6. The number of carbonyl (C=O) groups excluding carboxylic acids is 1. The zero-order chi connectivity index (χ0) is 18.8. The third-order valence-corrected chi connectivity index (χ3v) is 3.69. The fourth-order valence-electron chi connectivity index (χ4n) is 2.40. The Morgan fingerprint density at radius 2 is 1.81 bits per heavy atom. The Hall–Kier alpha value is -4.28. The number of rotatable bonds is 5. The molecule has 1 amide bonds. The van der Waals surface area contributed by atoms with E-state index in [1.165, 1.54) is 6.20 Å². The maximum absolute atomic E-state index is 12.1. The molecular weight excluding hydrogens is 352 g/mol. The first kappa shape index (κ1) is 16.2. The number of hydrogen-bond donors (Lipinski definition) is 2. The number of carbonyl (C=O) groups is 1. The van der Waals surface area contributed by atoms with Crippen LogP contribution < -0.4 is 5.32 Å². The number of nitrogens with one attached hydrogen (secondary N) is 2. The summed E-state index contributed by atoms with van der Waals surface area (Å²) in [7, 11) is 0. The van der Waals surface area contributed by atoms with Crippen LogP contribution in [-0.2, 0) is 0 Å². The van der Waals surface area contributed by atoms with Gasteiger partial charge in [-0.1, -0.05) is 23.3 Å². The predicted molar refractivity (Wildman–Crippen MR) is 93.9 cm³/mol. The molecule has 0 saturated carbocycles. The maximum Gasteiger partial charge on any atom is 0.343 e. The van der Waals surface area contributed by atoms with Crippen molar-refractivity contribution in [2.75, 3.05) is 5.32 Å². The number of amides is 1. The number of aromatic nitrogens is 6. The van der Waals surface area contributed by atoms with Crippen molar-refractivity contribution >= 4 is 17.4 Å². The molecule has 0 unspecified atom stereocenters. The molecule has 0 aliphatic heterocycles. The molecule has 2 N–H and O–H groups in total. The molecule has 3 aromatic heterocycles. The van der Waals surface area contributed by atoms with Crippen molar-refractivity contribution < 1.29 is 9.72 Å². The summed E-state index contributed by atoms with van der Waals surface area (Å²) >= 11 is 0. The van der Waals surface area contributed by atoms with Crippen LogP contribution in [0.25, 0.3) is 11.4 Å². The Bertz CT molecular complexity index is 1110. The minimum absolute atomic E-state index is 0.0913. The van der Waals surface area contributed by atoms with Crippen LogP contribution in [0.1, 0.15) is 10.5 Å². The van der Waals surface area contributed by atoms with E-state index < -0.39 is 10.8 Å². The molecule has 0 spiro atoms. The van der Waals surface area contributed by atoms with Gasteiger partial charge in [0.1, 0.15) is 5.69 Å². The summed E-state index contributed by atoms with van der Waals surface area (Å²) in [6.07, 6.45) is 6.50. The van der Waals surface area contributed by atoms with Gasteiger partial charge in [-0.2, -0.15) is 10.2 Å². The number of nitro groups is 1. The number of H-pyrrole nitrogens is 1. The van der Waals surface area contributed by atoms with Gasteiger partial charge in [-0.15, -0.1) is 5.10 Å². The average molecular weight is 364 g/mol. The number of anilines is 1. The zero-order valence-electron chi connectivity index (χ0n) is 13.7. The monoisotopic (exact) mass is 364 g/mol. The first-order valence-electron chi connectivity index (χ1n) is 7.76. The first-order chi connectivity index (χ1) is 13.1. The summed E-state index contributed by atoms with van der Waals surface area (Å²) in [6, 6.07) is 10.7. The van der Waals surface area contributed by atoms with Crippen molar-refractivity contribution in [3.8, 4) is 11.4 Å². The molecule has 11 nitrogen and oxygen atoms in total. The zero-order valence-corrected chi connectivity index (χ0v) is 13.7. The smallest absolute Gasteiger partial charge is 0.343 e. The summed E-state index contributed by atoms with van der Waals surface area (Å²) in [4.78, 5) is 22.1. The van der Waals surface area contributed by atoms with Crippen molar-refractivity contribution in [1.29, 1.82) is 0 Å². The lowest BCUT2D eigenvalue weighted by Crippen LogP contribution is -2.11.